The van der Waals surface area contributed by atoms with Crippen molar-refractivity contribution in [1.29, 1.82) is 0 Å². The standard InChI is InChI=1S/C33H30N6O3/c1-5-20(6-2)28-27(31(41)34-4)25-17-22(9-10-26(25)42-28)24-18-23(8-7-19(24)3)30(40)37-33(13-14-33)32-36-29(38-39-32)21-11-15-35-16-12-21/h5-12,15-18H,1,13-14H2,2-4H3,(H,34,41)(H,37,40)(H,36,38,39)/b20-6+. The summed E-state index contributed by atoms with van der Waals surface area (Å²) in [4.78, 5) is 35.2. The minimum Gasteiger partial charge on any atom is -0.455 e. The molecule has 0 bridgehead atoms. The third kappa shape index (κ3) is 4.68. The van der Waals surface area contributed by atoms with Gasteiger partial charge in [0.2, 0.25) is 0 Å². The topological polar surface area (TPSA) is 126 Å². The van der Waals surface area contributed by atoms with Crippen molar-refractivity contribution in [3.8, 4) is 22.5 Å². The van der Waals surface area contributed by atoms with E-state index in [9.17, 15) is 9.59 Å². The summed E-state index contributed by atoms with van der Waals surface area (Å²) < 4.78 is 6.10. The molecule has 5 aromatic rings. The van der Waals surface area contributed by atoms with E-state index in [0.717, 1.165) is 40.7 Å². The van der Waals surface area contributed by atoms with Crippen LogP contribution < -0.4 is 10.6 Å². The quantitative estimate of drug-likeness (QED) is 0.202. The maximum atomic E-state index is 13.5. The number of aromatic nitrogens is 4. The lowest BCUT2D eigenvalue weighted by atomic mass is 9.95. The molecule has 210 valence electrons. The highest BCUT2D eigenvalue weighted by Gasteiger charge is 2.49. The lowest BCUT2D eigenvalue weighted by Crippen LogP contribution is -2.35. The minimum atomic E-state index is -0.579. The smallest absolute Gasteiger partial charge is 0.255 e. The van der Waals surface area contributed by atoms with E-state index >= 15 is 0 Å². The predicted octanol–water partition coefficient (Wildman–Crippen LogP) is 5.96. The summed E-state index contributed by atoms with van der Waals surface area (Å²) in [6.45, 7) is 7.73. The Labute approximate surface area is 242 Å². The summed E-state index contributed by atoms with van der Waals surface area (Å²) in [5.74, 6) is 1.23. The van der Waals surface area contributed by atoms with E-state index in [4.69, 9.17) is 4.42 Å². The van der Waals surface area contributed by atoms with Crippen molar-refractivity contribution in [2.45, 2.75) is 32.2 Å². The Balaban J connectivity index is 1.32. The molecule has 0 aliphatic heterocycles. The van der Waals surface area contributed by atoms with Crippen LogP contribution in [0.3, 0.4) is 0 Å². The van der Waals surface area contributed by atoms with E-state index in [1.54, 1.807) is 25.5 Å². The van der Waals surface area contributed by atoms with E-state index < -0.39 is 5.54 Å². The number of allylic oxidation sites excluding steroid dienone is 3. The van der Waals surface area contributed by atoms with Gasteiger partial charge in [0, 0.05) is 41.5 Å². The second-order valence-electron chi connectivity index (χ2n) is 10.4. The van der Waals surface area contributed by atoms with Gasteiger partial charge in [-0.1, -0.05) is 30.9 Å². The van der Waals surface area contributed by atoms with Crippen LogP contribution in [0, 0.1) is 6.92 Å². The first-order valence-electron chi connectivity index (χ1n) is 13.7. The third-order valence-electron chi connectivity index (χ3n) is 7.73. The monoisotopic (exact) mass is 558 g/mol. The van der Waals surface area contributed by atoms with Gasteiger partial charge < -0.3 is 15.1 Å². The van der Waals surface area contributed by atoms with Crippen LogP contribution in [0.5, 0.6) is 0 Å². The fourth-order valence-corrected chi connectivity index (χ4v) is 5.18. The molecule has 2 aromatic carbocycles. The van der Waals surface area contributed by atoms with Crippen LogP contribution in [0.2, 0.25) is 0 Å². The summed E-state index contributed by atoms with van der Waals surface area (Å²) in [6.07, 6.45) is 8.45. The van der Waals surface area contributed by atoms with Crippen LogP contribution >= 0.6 is 0 Å². The number of carbonyl (C=O) groups is 2. The highest BCUT2D eigenvalue weighted by Crippen LogP contribution is 2.44. The van der Waals surface area contributed by atoms with Crippen molar-refractivity contribution in [2.24, 2.45) is 0 Å². The van der Waals surface area contributed by atoms with Crippen LogP contribution in [0.4, 0.5) is 0 Å². The molecule has 0 radical (unpaired) electrons. The van der Waals surface area contributed by atoms with Gasteiger partial charge in [-0.15, -0.1) is 0 Å². The first kappa shape index (κ1) is 26.9. The fraction of sp³-hybridized carbons (Fsp3) is 0.182. The van der Waals surface area contributed by atoms with Crippen molar-refractivity contribution < 1.29 is 14.0 Å². The average Bonchev–Trinajstić information content (AvgIpc) is 3.44. The number of benzene rings is 2. The summed E-state index contributed by atoms with van der Waals surface area (Å²) >= 11 is 0. The van der Waals surface area contributed by atoms with Crippen molar-refractivity contribution >= 4 is 28.4 Å². The Morgan fingerprint density at radius 3 is 2.52 bits per heavy atom. The SMILES string of the molecule is C=C/C(=C\C)c1oc2ccc(-c3cc(C(=O)NC4(c5nc(-c6ccncc6)n[nH]5)CC4)ccc3C)cc2c1C(=O)NC. The molecule has 1 aliphatic rings. The summed E-state index contributed by atoms with van der Waals surface area (Å²) in [5, 5.41) is 14.0. The molecule has 0 saturated heterocycles. The molecule has 0 spiro atoms. The van der Waals surface area contributed by atoms with Crippen molar-refractivity contribution in [3.63, 3.8) is 0 Å². The van der Waals surface area contributed by atoms with Crippen LogP contribution in [0.1, 0.15) is 57.6 Å². The Morgan fingerprint density at radius 1 is 1.05 bits per heavy atom. The van der Waals surface area contributed by atoms with Crippen LogP contribution in [-0.4, -0.2) is 39.0 Å². The molecule has 42 heavy (non-hydrogen) atoms. The number of nitrogens with one attached hydrogen (secondary N) is 3. The molecule has 9 nitrogen and oxygen atoms in total. The molecule has 2 amide bonds. The number of amides is 2. The molecule has 0 unspecified atom stereocenters. The number of H-pyrrole nitrogens is 1. The Bertz CT molecular complexity index is 1880. The van der Waals surface area contributed by atoms with Gasteiger partial charge in [0.1, 0.15) is 11.3 Å². The lowest BCUT2D eigenvalue weighted by Gasteiger charge is -2.16. The van der Waals surface area contributed by atoms with Gasteiger partial charge in [0.05, 0.1) is 11.1 Å². The normalized spacial score (nSPS) is 14.0. The van der Waals surface area contributed by atoms with E-state index in [2.05, 4.69) is 37.4 Å². The molecule has 3 N–H and O–H groups in total. The minimum absolute atomic E-state index is 0.197. The van der Waals surface area contributed by atoms with Crippen LogP contribution in [0.15, 0.2) is 84.1 Å². The van der Waals surface area contributed by atoms with Gasteiger partial charge in [-0.25, -0.2) is 4.98 Å². The third-order valence-corrected chi connectivity index (χ3v) is 7.73. The van der Waals surface area contributed by atoms with Crippen LogP contribution in [-0.2, 0) is 5.54 Å². The largest absolute Gasteiger partial charge is 0.455 e. The first-order valence-corrected chi connectivity index (χ1v) is 13.7. The van der Waals surface area contributed by atoms with E-state index in [1.165, 1.54) is 0 Å². The van der Waals surface area contributed by atoms with Crippen molar-refractivity contribution in [3.05, 3.63) is 108 Å². The number of rotatable bonds is 8. The maximum Gasteiger partial charge on any atom is 0.255 e. The molecule has 1 fully saturated rings. The molecule has 1 saturated carbocycles. The second-order valence-corrected chi connectivity index (χ2v) is 10.4. The fourth-order valence-electron chi connectivity index (χ4n) is 5.18. The van der Waals surface area contributed by atoms with Crippen molar-refractivity contribution in [1.82, 2.24) is 30.8 Å². The molecule has 9 heteroatoms. The summed E-state index contributed by atoms with van der Waals surface area (Å²) in [5.41, 5.74) is 5.32. The Hall–Kier alpha value is -5.31. The number of pyridine rings is 1. The van der Waals surface area contributed by atoms with Crippen LogP contribution in [0.25, 0.3) is 39.1 Å². The zero-order valence-electron chi connectivity index (χ0n) is 23.6. The summed E-state index contributed by atoms with van der Waals surface area (Å²) in [7, 11) is 1.59. The molecule has 3 heterocycles. The van der Waals surface area contributed by atoms with Gasteiger partial charge in [-0.2, -0.15) is 5.10 Å². The van der Waals surface area contributed by atoms with E-state index in [-0.39, 0.29) is 11.8 Å². The number of fused-ring (bicyclic) bond motifs is 1. The lowest BCUT2D eigenvalue weighted by molar-refractivity contribution is 0.0927. The van der Waals surface area contributed by atoms with E-state index in [1.807, 2.05) is 68.5 Å². The molecule has 0 atom stereocenters. The number of furan rings is 1. The summed E-state index contributed by atoms with van der Waals surface area (Å²) in [6, 6.07) is 15.0. The van der Waals surface area contributed by atoms with Gasteiger partial charge in [-0.3, -0.25) is 19.7 Å². The molecule has 3 aromatic heterocycles. The Morgan fingerprint density at radius 2 is 1.83 bits per heavy atom. The number of aryl methyl sites for hydroxylation is 1. The van der Waals surface area contributed by atoms with Crippen molar-refractivity contribution in [2.75, 3.05) is 7.05 Å². The van der Waals surface area contributed by atoms with Gasteiger partial charge in [0.25, 0.3) is 11.8 Å². The number of aromatic amines is 1. The van der Waals surface area contributed by atoms with E-state index in [0.29, 0.717) is 39.5 Å². The molecule has 1 aliphatic carbocycles. The maximum absolute atomic E-state index is 13.5. The molecule has 6 rings (SSSR count). The predicted molar refractivity (Wildman–Crippen MR) is 162 cm³/mol. The molecular weight excluding hydrogens is 528 g/mol. The number of carbonyl (C=O) groups excluding carboxylic acids is 2. The second kappa shape index (κ2) is 10.6. The number of hydrogen-bond acceptors (Lipinski definition) is 6. The average molecular weight is 559 g/mol. The molecular formula is C33H30N6O3. The zero-order chi connectivity index (χ0) is 29.4. The highest BCUT2D eigenvalue weighted by molar-refractivity contribution is 6.11. The Kier molecular flexibility index (Phi) is 6.78. The number of hydrogen-bond donors (Lipinski definition) is 3. The van der Waals surface area contributed by atoms with Gasteiger partial charge >= 0.3 is 0 Å². The van der Waals surface area contributed by atoms with Gasteiger partial charge in [-0.05, 0) is 79.8 Å². The highest BCUT2D eigenvalue weighted by atomic mass is 16.3. The first-order chi connectivity index (χ1) is 20.4. The number of nitrogens with zero attached hydrogens (tertiary/aromatic N) is 3. The zero-order valence-corrected chi connectivity index (χ0v) is 23.6. The van der Waals surface area contributed by atoms with Gasteiger partial charge in [0.15, 0.2) is 11.6 Å².